The number of ether oxygens (including phenoxy) is 1. The van der Waals surface area contributed by atoms with Gasteiger partial charge >= 0.3 is 133 Å². The number of nitrogens with two attached hydrogens (primary N) is 1. The molecule has 2 aliphatic rings. The molecular formula is C13H21N3O5Sn. The van der Waals surface area contributed by atoms with Crippen molar-refractivity contribution < 1.29 is 16.0 Å². The SMILES string of the molecule is C[CH2][Sn]1([CH2]C)[O][C@@H]2[C@H]([O]1)[C@H](CO)O[C@@H]2n1ccc(N)nc1=O. The van der Waals surface area contributed by atoms with E-state index in [0.29, 0.717) is 0 Å². The van der Waals surface area contributed by atoms with E-state index in [1.54, 1.807) is 6.20 Å². The molecule has 0 aromatic carbocycles. The summed E-state index contributed by atoms with van der Waals surface area (Å²) in [6.07, 6.45) is -0.287. The number of nitrogens with zero attached hydrogens (tertiary/aromatic N) is 2. The maximum atomic E-state index is 12.1. The van der Waals surface area contributed by atoms with Gasteiger partial charge in [-0.05, 0) is 0 Å². The number of aliphatic hydroxyl groups is 1. The fraction of sp³-hybridized carbons (Fsp3) is 0.692. The standard InChI is InChI=1S/C9H11N3O5.2C2H5.Sn/c10-5-1-2-12(9(16)11-5)8-7(15)6(14)4(3-13)17-8;2*1-2;/h1-2,4,6-8,13H,3H2,(H2,10,11,16);2*1H2,2H3;/q-2;;;+2/t4-,6+,7+,8-;;;/m0.../s1. The van der Waals surface area contributed by atoms with E-state index in [1.807, 2.05) is 0 Å². The van der Waals surface area contributed by atoms with Gasteiger partial charge in [0.1, 0.15) is 0 Å². The van der Waals surface area contributed by atoms with Crippen LogP contribution in [0.1, 0.15) is 20.1 Å². The first-order valence-corrected chi connectivity index (χ1v) is 13.9. The Bertz CT molecular complexity index is 606. The summed E-state index contributed by atoms with van der Waals surface area (Å²) in [4.78, 5) is 15.8. The summed E-state index contributed by atoms with van der Waals surface area (Å²) in [6, 6.07) is 1.54. The molecule has 0 amide bonds. The first kappa shape index (κ1) is 16.2. The fourth-order valence-corrected chi connectivity index (χ4v) is 10.9. The normalized spacial score (nSPS) is 33.0. The molecule has 22 heavy (non-hydrogen) atoms. The maximum absolute atomic E-state index is 12.1. The van der Waals surface area contributed by atoms with Crippen LogP contribution in [0.5, 0.6) is 0 Å². The average molecular weight is 418 g/mol. The molecule has 9 heteroatoms. The van der Waals surface area contributed by atoms with E-state index in [9.17, 15) is 9.90 Å². The molecular weight excluding hydrogens is 397 g/mol. The van der Waals surface area contributed by atoms with Crippen molar-refractivity contribution in [2.75, 3.05) is 12.3 Å². The minimum absolute atomic E-state index is 0.161. The number of fused-ring (bicyclic) bond motifs is 1. The predicted molar refractivity (Wildman–Crippen MR) is 80.4 cm³/mol. The monoisotopic (exact) mass is 419 g/mol. The van der Waals surface area contributed by atoms with Gasteiger partial charge in [0.2, 0.25) is 0 Å². The van der Waals surface area contributed by atoms with Gasteiger partial charge in [0.15, 0.2) is 0 Å². The molecule has 0 bridgehead atoms. The van der Waals surface area contributed by atoms with Crippen LogP contribution < -0.4 is 11.4 Å². The van der Waals surface area contributed by atoms with Gasteiger partial charge < -0.3 is 0 Å². The molecule has 3 rings (SSSR count). The van der Waals surface area contributed by atoms with Crippen molar-refractivity contribution in [3.63, 3.8) is 0 Å². The molecule has 2 aliphatic heterocycles. The zero-order chi connectivity index (χ0) is 15.9. The summed E-state index contributed by atoms with van der Waals surface area (Å²) < 4.78 is 21.4. The Labute approximate surface area is 133 Å². The molecule has 4 atom stereocenters. The van der Waals surface area contributed by atoms with Crippen molar-refractivity contribution in [2.45, 2.75) is 47.3 Å². The van der Waals surface area contributed by atoms with Crippen molar-refractivity contribution in [3.8, 4) is 0 Å². The van der Waals surface area contributed by atoms with E-state index in [-0.39, 0.29) is 24.6 Å². The summed E-state index contributed by atoms with van der Waals surface area (Å²) in [5.74, 6) is 0.161. The minimum atomic E-state index is -3.10. The summed E-state index contributed by atoms with van der Waals surface area (Å²) in [5.41, 5.74) is 5.03. The van der Waals surface area contributed by atoms with E-state index in [0.717, 1.165) is 8.87 Å². The number of aliphatic hydroxyl groups excluding tert-OH is 1. The third kappa shape index (κ3) is 2.56. The van der Waals surface area contributed by atoms with Crippen molar-refractivity contribution in [1.82, 2.24) is 9.55 Å². The Morgan fingerprint density at radius 3 is 2.64 bits per heavy atom. The number of nitrogen functional groups attached to an aromatic ring is 1. The van der Waals surface area contributed by atoms with Gasteiger partial charge in [-0.2, -0.15) is 0 Å². The molecule has 0 spiro atoms. The Hall–Kier alpha value is -0.681. The third-order valence-electron chi connectivity index (χ3n) is 4.37. The van der Waals surface area contributed by atoms with Crippen molar-refractivity contribution >= 4 is 25.0 Å². The molecule has 3 heterocycles. The van der Waals surface area contributed by atoms with E-state index in [4.69, 9.17) is 16.6 Å². The van der Waals surface area contributed by atoms with Crippen LogP contribution in [0.15, 0.2) is 17.1 Å². The van der Waals surface area contributed by atoms with Crippen LogP contribution >= 0.6 is 0 Å². The Morgan fingerprint density at radius 1 is 1.36 bits per heavy atom. The van der Waals surface area contributed by atoms with E-state index < -0.39 is 37.2 Å². The van der Waals surface area contributed by atoms with Gasteiger partial charge in [-0.15, -0.1) is 0 Å². The molecule has 1 aromatic heterocycles. The van der Waals surface area contributed by atoms with Gasteiger partial charge in [-0.25, -0.2) is 0 Å². The first-order valence-electron chi connectivity index (χ1n) is 7.50. The number of anilines is 1. The van der Waals surface area contributed by atoms with Gasteiger partial charge in [-0.1, -0.05) is 0 Å². The van der Waals surface area contributed by atoms with Crippen molar-refractivity contribution in [3.05, 3.63) is 22.7 Å². The van der Waals surface area contributed by atoms with E-state index >= 15 is 0 Å². The van der Waals surface area contributed by atoms with Gasteiger partial charge in [0, 0.05) is 0 Å². The Morgan fingerprint density at radius 2 is 2.05 bits per heavy atom. The fourth-order valence-electron chi connectivity index (χ4n) is 3.07. The molecule has 2 saturated heterocycles. The van der Waals surface area contributed by atoms with Crippen LogP contribution in [0.25, 0.3) is 0 Å². The van der Waals surface area contributed by atoms with E-state index in [1.165, 1.54) is 10.6 Å². The summed E-state index contributed by atoms with van der Waals surface area (Å²) in [5, 5.41) is 9.55. The van der Waals surface area contributed by atoms with Gasteiger partial charge in [0.25, 0.3) is 0 Å². The molecule has 0 saturated carbocycles. The van der Waals surface area contributed by atoms with Crippen molar-refractivity contribution in [1.29, 1.82) is 0 Å². The quantitative estimate of drug-likeness (QED) is 0.662. The van der Waals surface area contributed by atoms with Crippen LogP contribution in [-0.4, -0.2) is 58.8 Å². The van der Waals surface area contributed by atoms with Gasteiger partial charge in [-0.3, -0.25) is 0 Å². The molecule has 1 aromatic rings. The summed E-state index contributed by atoms with van der Waals surface area (Å²) in [6.45, 7) is 3.97. The molecule has 8 nitrogen and oxygen atoms in total. The molecule has 122 valence electrons. The first-order chi connectivity index (χ1) is 10.5. The number of rotatable bonds is 4. The second-order valence-corrected chi connectivity index (χ2v) is 16.2. The van der Waals surface area contributed by atoms with Crippen LogP contribution in [0.4, 0.5) is 5.82 Å². The zero-order valence-corrected chi connectivity index (χ0v) is 15.5. The number of aromatic nitrogens is 2. The third-order valence-corrected chi connectivity index (χ3v) is 14.5. The Kier molecular flexibility index (Phi) is 4.47. The van der Waals surface area contributed by atoms with Gasteiger partial charge in [0.05, 0.1) is 0 Å². The van der Waals surface area contributed by atoms with Crippen LogP contribution in [0, 0.1) is 0 Å². The average Bonchev–Trinajstić information content (AvgIpc) is 3.03. The molecule has 3 N–H and O–H groups in total. The molecule has 0 unspecified atom stereocenters. The van der Waals surface area contributed by atoms with Crippen LogP contribution in [0.3, 0.4) is 0 Å². The molecule has 0 radical (unpaired) electrons. The van der Waals surface area contributed by atoms with Crippen LogP contribution in [-0.2, 0) is 10.9 Å². The summed E-state index contributed by atoms with van der Waals surface area (Å²) >= 11 is -3.10. The molecule has 0 aliphatic carbocycles. The predicted octanol–water partition coefficient (Wildman–Crippen LogP) is -0.0188. The summed E-state index contributed by atoms with van der Waals surface area (Å²) in [7, 11) is 0. The Balaban J connectivity index is 1.95. The molecule has 2 fully saturated rings. The van der Waals surface area contributed by atoms with Crippen molar-refractivity contribution in [2.24, 2.45) is 0 Å². The second kappa shape index (κ2) is 6.08. The number of hydrogen-bond acceptors (Lipinski definition) is 7. The van der Waals surface area contributed by atoms with E-state index in [2.05, 4.69) is 18.8 Å². The number of hydrogen-bond donors (Lipinski definition) is 2. The second-order valence-electron chi connectivity index (χ2n) is 5.57. The van der Waals surface area contributed by atoms with Crippen LogP contribution in [0.2, 0.25) is 8.87 Å². The zero-order valence-electron chi connectivity index (χ0n) is 12.6. The topological polar surface area (TPSA) is 109 Å².